The molecule has 2 aromatic carbocycles. The minimum atomic E-state index is -0.623. The van der Waals surface area contributed by atoms with Crippen molar-refractivity contribution in [3.63, 3.8) is 0 Å². The average molecular weight is 291 g/mol. The molecule has 21 heavy (non-hydrogen) atoms. The Morgan fingerprint density at radius 1 is 1.10 bits per heavy atom. The number of amides is 1. The van der Waals surface area contributed by atoms with Crippen LogP contribution < -0.4 is 11.1 Å². The Labute approximate surface area is 121 Å². The Kier molecular flexibility index (Phi) is 4.07. The third-order valence-corrected chi connectivity index (χ3v) is 2.88. The SMILES string of the molecule is CN(C)C(=O)c1ccc(N)cc1Nc1cc(F)ccc1F. The van der Waals surface area contributed by atoms with Gasteiger partial charge in [-0.05, 0) is 30.3 Å². The lowest BCUT2D eigenvalue weighted by Gasteiger charge is -2.16. The normalized spacial score (nSPS) is 10.3. The van der Waals surface area contributed by atoms with Crippen LogP contribution in [-0.2, 0) is 0 Å². The van der Waals surface area contributed by atoms with Crippen LogP contribution in [0.15, 0.2) is 36.4 Å². The first kappa shape index (κ1) is 14.8. The maximum absolute atomic E-state index is 13.7. The predicted octanol–water partition coefficient (Wildman–Crippen LogP) is 2.99. The minimum Gasteiger partial charge on any atom is -0.399 e. The number of hydrogen-bond donors (Lipinski definition) is 2. The standard InChI is InChI=1S/C15H15F2N3O/c1-20(2)15(21)11-5-4-10(18)8-13(11)19-14-7-9(16)3-6-12(14)17/h3-8,19H,18H2,1-2H3. The maximum Gasteiger partial charge on any atom is 0.255 e. The van der Waals surface area contributed by atoms with E-state index in [1.807, 2.05) is 0 Å². The molecule has 0 unspecified atom stereocenters. The van der Waals surface area contributed by atoms with Gasteiger partial charge in [-0.25, -0.2) is 8.78 Å². The number of carbonyl (C=O) groups is 1. The number of nitrogens with zero attached hydrogens (tertiary/aromatic N) is 1. The molecule has 3 N–H and O–H groups in total. The van der Waals surface area contributed by atoms with E-state index in [1.165, 1.54) is 17.0 Å². The van der Waals surface area contributed by atoms with Crippen molar-refractivity contribution in [2.75, 3.05) is 25.1 Å². The Bertz CT molecular complexity index is 687. The minimum absolute atomic E-state index is 0.0617. The van der Waals surface area contributed by atoms with Crippen LogP contribution in [0.25, 0.3) is 0 Å². The van der Waals surface area contributed by atoms with E-state index in [0.717, 1.165) is 18.2 Å². The smallest absolute Gasteiger partial charge is 0.255 e. The van der Waals surface area contributed by atoms with Gasteiger partial charge in [0.2, 0.25) is 0 Å². The molecular weight excluding hydrogens is 276 g/mol. The summed E-state index contributed by atoms with van der Waals surface area (Å²) in [7, 11) is 3.20. The van der Waals surface area contributed by atoms with Gasteiger partial charge in [-0.1, -0.05) is 0 Å². The molecule has 0 heterocycles. The third kappa shape index (κ3) is 3.28. The van der Waals surface area contributed by atoms with Crippen molar-refractivity contribution >= 4 is 23.0 Å². The molecule has 0 radical (unpaired) electrons. The fourth-order valence-corrected chi connectivity index (χ4v) is 1.83. The fraction of sp³-hybridized carbons (Fsp3) is 0.133. The molecule has 0 saturated carbocycles. The highest BCUT2D eigenvalue weighted by Gasteiger charge is 2.15. The third-order valence-electron chi connectivity index (χ3n) is 2.88. The molecule has 2 rings (SSSR count). The van der Waals surface area contributed by atoms with E-state index in [9.17, 15) is 13.6 Å². The Hall–Kier alpha value is -2.63. The summed E-state index contributed by atoms with van der Waals surface area (Å²) in [6, 6.07) is 7.66. The van der Waals surface area contributed by atoms with Gasteiger partial charge in [0.25, 0.3) is 5.91 Å². The second-order valence-corrected chi connectivity index (χ2v) is 4.75. The van der Waals surface area contributed by atoms with Crippen LogP contribution in [0.5, 0.6) is 0 Å². The Balaban J connectivity index is 2.45. The topological polar surface area (TPSA) is 58.4 Å². The number of nitrogens with two attached hydrogens (primary N) is 1. The van der Waals surface area contributed by atoms with E-state index in [-0.39, 0.29) is 11.6 Å². The van der Waals surface area contributed by atoms with Crippen molar-refractivity contribution in [2.45, 2.75) is 0 Å². The molecule has 0 bridgehead atoms. The number of carbonyl (C=O) groups excluding carboxylic acids is 1. The number of benzene rings is 2. The molecule has 0 aliphatic heterocycles. The summed E-state index contributed by atoms with van der Waals surface area (Å²) < 4.78 is 26.9. The van der Waals surface area contributed by atoms with Crippen molar-refractivity contribution in [2.24, 2.45) is 0 Å². The van der Waals surface area contributed by atoms with Crippen molar-refractivity contribution in [3.05, 3.63) is 53.6 Å². The maximum atomic E-state index is 13.7. The number of nitrogens with one attached hydrogen (secondary N) is 1. The van der Waals surface area contributed by atoms with Gasteiger partial charge in [-0.15, -0.1) is 0 Å². The summed E-state index contributed by atoms with van der Waals surface area (Å²) in [5.41, 5.74) is 6.67. The van der Waals surface area contributed by atoms with Gasteiger partial charge in [0.15, 0.2) is 0 Å². The van der Waals surface area contributed by atoms with E-state index in [4.69, 9.17) is 5.73 Å². The summed E-state index contributed by atoms with van der Waals surface area (Å²) in [5, 5.41) is 2.72. The molecule has 2 aromatic rings. The van der Waals surface area contributed by atoms with Crippen molar-refractivity contribution in [3.8, 4) is 0 Å². The van der Waals surface area contributed by atoms with E-state index >= 15 is 0 Å². The number of rotatable bonds is 3. The molecule has 0 fully saturated rings. The fourth-order valence-electron chi connectivity index (χ4n) is 1.83. The van der Waals surface area contributed by atoms with Crippen LogP contribution in [0.2, 0.25) is 0 Å². The first-order chi connectivity index (χ1) is 9.88. The molecule has 0 atom stereocenters. The second kappa shape index (κ2) is 5.78. The van der Waals surface area contributed by atoms with Gasteiger partial charge < -0.3 is 16.0 Å². The Morgan fingerprint density at radius 2 is 1.81 bits per heavy atom. The lowest BCUT2D eigenvalue weighted by Crippen LogP contribution is -2.22. The van der Waals surface area contributed by atoms with Crippen molar-refractivity contribution < 1.29 is 13.6 Å². The molecule has 110 valence electrons. The predicted molar refractivity (Wildman–Crippen MR) is 78.5 cm³/mol. The average Bonchev–Trinajstić information content (AvgIpc) is 2.42. The number of halogens is 2. The molecule has 0 saturated heterocycles. The first-order valence-corrected chi connectivity index (χ1v) is 6.21. The lowest BCUT2D eigenvalue weighted by atomic mass is 10.1. The van der Waals surface area contributed by atoms with Gasteiger partial charge >= 0.3 is 0 Å². The number of nitrogen functional groups attached to an aromatic ring is 1. The zero-order valence-corrected chi connectivity index (χ0v) is 11.7. The van der Waals surface area contributed by atoms with Gasteiger partial charge in [0.05, 0.1) is 16.9 Å². The van der Waals surface area contributed by atoms with Crippen LogP contribution in [0.1, 0.15) is 10.4 Å². The number of anilines is 3. The second-order valence-electron chi connectivity index (χ2n) is 4.75. The largest absolute Gasteiger partial charge is 0.399 e. The van der Waals surface area contributed by atoms with Crippen LogP contribution >= 0.6 is 0 Å². The van der Waals surface area contributed by atoms with E-state index in [1.54, 1.807) is 20.2 Å². The van der Waals surface area contributed by atoms with Gasteiger partial charge in [0.1, 0.15) is 11.6 Å². The van der Waals surface area contributed by atoms with Gasteiger partial charge in [-0.2, -0.15) is 0 Å². The molecular formula is C15H15F2N3O. The first-order valence-electron chi connectivity index (χ1n) is 6.21. The van der Waals surface area contributed by atoms with Gasteiger partial charge in [-0.3, -0.25) is 4.79 Å². The summed E-state index contributed by atoms with van der Waals surface area (Å²) >= 11 is 0. The van der Waals surface area contributed by atoms with Crippen molar-refractivity contribution in [1.29, 1.82) is 0 Å². The summed E-state index contributed by atoms with van der Waals surface area (Å²) in [5.74, 6) is -1.47. The molecule has 6 heteroatoms. The summed E-state index contributed by atoms with van der Waals surface area (Å²) in [6.45, 7) is 0. The van der Waals surface area contributed by atoms with Crippen molar-refractivity contribution in [1.82, 2.24) is 4.90 Å². The highest BCUT2D eigenvalue weighted by molar-refractivity contribution is 6.00. The summed E-state index contributed by atoms with van der Waals surface area (Å²) in [6.07, 6.45) is 0. The lowest BCUT2D eigenvalue weighted by molar-refractivity contribution is 0.0828. The van der Waals surface area contributed by atoms with Crippen LogP contribution in [0, 0.1) is 11.6 Å². The number of hydrogen-bond acceptors (Lipinski definition) is 3. The van der Waals surface area contributed by atoms with Crippen LogP contribution in [-0.4, -0.2) is 24.9 Å². The molecule has 4 nitrogen and oxygen atoms in total. The van der Waals surface area contributed by atoms with E-state index in [0.29, 0.717) is 16.9 Å². The van der Waals surface area contributed by atoms with Gasteiger partial charge in [0, 0.05) is 25.8 Å². The molecule has 0 aromatic heterocycles. The Morgan fingerprint density at radius 3 is 2.48 bits per heavy atom. The summed E-state index contributed by atoms with van der Waals surface area (Å²) in [4.78, 5) is 13.5. The van der Waals surface area contributed by atoms with Crippen LogP contribution in [0.3, 0.4) is 0 Å². The molecule has 1 amide bonds. The monoisotopic (exact) mass is 291 g/mol. The zero-order chi connectivity index (χ0) is 15.6. The van der Waals surface area contributed by atoms with E-state index in [2.05, 4.69) is 5.32 Å². The van der Waals surface area contributed by atoms with Crippen LogP contribution in [0.4, 0.5) is 25.8 Å². The highest BCUT2D eigenvalue weighted by atomic mass is 19.1. The highest BCUT2D eigenvalue weighted by Crippen LogP contribution is 2.26. The molecule has 0 aliphatic carbocycles. The zero-order valence-electron chi connectivity index (χ0n) is 11.7. The quantitative estimate of drug-likeness (QED) is 0.855. The molecule has 0 aliphatic rings. The molecule has 0 spiro atoms. The van der Waals surface area contributed by atoms with E-state index < -0.39 is 11.6 Å².